The van der Waals surface area contributed by atoms with Crippen LogP contribution in [0, 0.1) is 0 Å². The Morgan fingerprint density at radius 1 is 1.14 bits per heavy atom. The molecule has 1 aliphatic rings. The fourth-order valence-corrected chi connectivity index (χ4v) is 2.63. The lowest BCUT2D eigenvalue weighted by molar-refractivity contribution is 0.0790. The van der Waals surface area contributed by atoms with Gasteiger partial charge in [0.25, 0.3) is 0 Å². The molecule has 4 nitrogen and oxygen atoms in total. The van der Waals surface area contributed by atoms with Crippen LogP contribution >= 0.6 is 0 Å². The number of hydrogen-bond acceptors (Lipinski definition) is 3. The highest BCUT2D eigenvalue weighted by atomic mass is 16.6. The third-order valence-electron chi connectivity index (χ3n) is 3.81. The fourth-order valence-electron chi connectivity index (χ4n) is 2.63. The Balaban J connectivity index is 1.54. The van der Waals surface area contributed by atoms with Crippen LogP contribution < -0.4 is 10.6 Å². The Morgan fingerprint density at radius 3 is 2.71 bits per heavy atom. The van der Waals surface area contributed by atoms with Crippen molar-refractivity contribution in [2.24, 2.45) is 0 Å². The van der Waals surface area contributed by atoms with Crippen LogP contribution in [0.5, 0.6) is 0 Å². The molecule has 1 aliphatic heterocycles. The maximum atomic E-state index is 11.8. The number of benzene rings is 2. The van der Waals surface area contributed by atoms with E-state index >= 15 is 0 Å². The van der Waals surface area contributed by atoms with Crippen LogP contribution in [0.25, 0.3) is 10.8 Å². The van der Waals surface area contributed by atoms with Gasteiger partial charge in [0.2, 0.25) is 0 Å². The number of hydrogen-bond donors (Lipinski definition) is 2. The van der Waals surface area contributed by atoms with E-state index in [1.54, 1.807) is 0 Å². The minimum Gasteiger partial charge on any atom is -0.446 e. The summed E-state index contributed by atoms with van der Waals surface area (Å²) < 4.78 is 5.41. The number of piperidine rings is 1. The Hall–Kier alpha value is -2.07. The van der Waals surface area contributed by atoms with E-state index in [2.05, 4.69) is 34.9 Å². The number of fused-ring (bicyclic) bond motifs is 1. The first kappa shape index (κ1) is 13.9. The van der Waals surface area contributed by atoms with Crippen molar-refractivity contribution in [2.75, 3.05) is 13.1 Å². The van der Waals surface area contributed by atoms with Crippen LogP contribution in [0.2, 0.25) is 0 Å². The average molecular weight is 284 g/mol. The first-order valence-electron chi connectivity index (χ1n) is 7.44. The van der Waals surface area contributed by atoms with Gasteiger partial charge in [-0.3, -0.25) is 0 Å². The zero-order valence-corrected chi connectivity index (χ0v) is 12.0. The Morgan fingerprint density at radius 2 is 1.90 bits per heavy atom. The van der Waals surface area contributed by atoms with Crippen molar-refractivity contribution in [1.29, 1.82) is 0 Å². The highest BCUT2D eigenvalue weighted by molar-refractivity contribution is 5.83. The molecule has 1 fully saturated rings. The van der Waals surface area contributed by atoms with E-state index in [1.165, 1.54) is 10.8 Å². The molecule has 2 aromatic carbocycles. The molecule has 0 unspecified atom stereocenters. The molecule has 0 radical (unpaired) electrons. The van der Waals surface area contributed by atoms with E-state index in [0.29, 0.717) is 6.54 Å². The van der Waals surface area contributed by atoms with Gasteiger partial charge in [-0.25, -0.2) is 4.79 Å². The van der Waals surface area contributed by atoms with Gasteiger partial charge in [-0.1, -0.05) is 36.4 Å². The van der Waals surface area contributed by atoms with Crippen molar-refractivity contribution in [2.45, 2.75) is 25.5 Å². The molecule has 110 valence electrons. The van der Waals surface area contributed by atoms with Gasteiger partial charge in [0.1, 0.15) is 6.10 Å². The third-order valence-corrected chi connectivity index (χ3v) is 3.81. The topological polar surface area (TPSA) is 50.4 Å². The smallest absolute Gasteiger partial charge is 0.407 e. The number of amides is 1. The van der Waals surface area contributed by atoms with Crippen molar-refractivity contribution < 1.29 is 9.53 Å². The second-order valence-corrected chi connectivity index (χ2v) is 5.39. The molecule has 1 saturated heterocycles. The summed E-state index contributed by atoms with van der Waals surface area (Å²) in [5.74, 6) is 0. The molecule has 0 atom stereocenters. The minimum atomic E-state index is -0.324. The van der Waals surface area contributed by atoms with E-state index in [4.69, 9.17) is 4.74 Å². The second kappa shape index (κ2) is 6.59. The molecule has 0 spiro atoms. The highest BCUT2D eigenvalue weighted by Crippen LogP contribution is 2.15. The summed E-state index contributed by atoms with van der Waals surface area (Å²) in [7, 11) is 0. The number of nitrogens with one attached hydrogen (secondary N) is 2. The van der Waals surface area contributed by atoms with Crippen LogP contribution in [-0.2, 0) is 11.3 Å². The molecule has 1 heterocycles. The summed E-state index contributed by atoms with van der Waals surface area (Å²) in [6, 6.07) is 14.4. The monoisotopic (exact) mass is 284 g/mol. The molecule has 0 saturated carbocycles. The molecule has 3 rings (SSSR count). The first-order valence-corrected chi connectivity index (χ1v) is 7.44. The quantitative estimate of drug-likeness (QED) is 0.911. The van der Waals surface area contributed by atoms with Crippen molar-refractivity contribution in [3.8, 4) is 0 Å². The Kier molecular flexibility index (Phi) is 4.36. The maximum absolute atomic E-state index is 11.8. The number of alkyl carbamates (subject to hydrolysis) is 1. The van der Waals surface area contributed by atoms with Crippen LogP contribution in [0.15, 0.2) is 42.5 Å². The average Bonchev–Trinajstić information content (AvgIpc) is 2.54. The summed E-state index contributed by atoms with van der Waals surface area (Å²) >= 11 is 0. The van der Waals surface area contributed by atoms with Gasteiger partial charge < -0.3 is 15.4 Å². The molecule has 1 amide bonds. The van der Waals surface area contributed by atoms with Crippen molar-refractivity contribution in [3.63, 3.8) is 0 Å². The molecule has 0 aromatic heterocycles. The summed E-state index contributed by atoms with van der Waals surface area (Å²) in [6.45, 7) is 2.33. The lowest BCUT2D eigenvalue weighted by Crippen LogP contribution is -2.36. The van der Waals surface area contributed by atoms with Gasteiger partial charge in [0, 0.05) is 6.54 Å². The first-order chi connectivity index (χ1) is 10.3. The van der Waals surface area contributed by atoms with Crippen LogP contribution in [0.1, 0.15) is 18.4 Å². The number of rotatable bonds is 3. The van der Waals surface area contributed by atoms with E-state index < -0.39 is 0 Å². The van der Waals surface area contributed by atoms with E-state index in [1.807, 2.05) is 18.2 Å². The zero-order valence-electron chi connectivity index (χ0n) is 12.0. The summed E-state index contributed by atoms with van der Waals surface area (Å²) in [4.78, 5) is 11.8. The summed E-state index contributed by atoms with van der Waals surface area (Å²) in [5.41, 5.74) is 1.08. The van der Waals surface area contributed by atoms with Gasteiger partial charge in [-0.05, 0) is 48.3 Å². The van der Waals surface area contributed by atoms with E-state index in [0.717, 1.165) is 31.5 Å². The molecule has 0 bridgehead atoms. The fraction of sp³-hybridized carbons (Fsp3) is 0.353. The van der Waals surface area contributed by atoms with E-state index in [9.17, 15) is 4.79 Å². The highest BCUT2D eigenvalue weighted by Gasteiger charge is 2.16. The number of carbonyl (C=O) groups excluding carboxylic acids is 1. The standard InChI is InChI=1S/C17H20N2O2/c20-17(21-16-7-9-18-10-8-16)19-12-13-5-6-14-3-1-2-4-15(14)11-13/h1-6,11,16,18H,7-10,12H2,(H,19,20). The van der Waals surface area contributed by atoms with Crippen molar-refractivity contribution in [1.82, 2.24) is 10.6 Å². The molecule has 2 aromatic rings. The summed E-state index contributed by atoms with van der Waals surface area (Å²) in [6.07, 6.45) is 1.50. The lowest BCUT2D eigenvalue weighted by Gasteiger charge is -2.22. The van der Waals surface area contributed by atoms with Crippen molar-refractivity contribution in [3.05, 3.63) is 48.0 Å². The van der Waals surface area contributed by atoms with Crippen LogP contribution in [0.3, 0.4) is 0 Å². The minimum absolute atomic E-state index is 0.0443. The van der Waals surface area contributed by atoms with Gasteiger partial charge in [0.05, 0.1) is 0 Å². The SMILES string of the molecule is O=C(NCc1ccc2ccccc2c1)OC1CCNCC1. The van der Waals surface area contributed by atoms with E-state index in [-0.39, 0.29) is 12.2 Å². The summed E-state index contributed by atoms with van der Waals surface area (Å²) in [5, 5.41) is 8.47. The number of ether oxygens (including phenoxy) is 1. The maximum Gasteiger partial charge on any atom is 0.407 e. The van der Waals surface area contributed by atoms with Crippen LogP contribution in [-0.4, -0.2) is 25.3 Å². The molecule has 0 aliphatic carbocycles. The van der Waals surface area contributed by atoms with Gasteiger partial charge >= 0.3 is 6.09 Å². The van der Waals surface area contributed by atoms with Gasteiger partial charge in [-0.2, -0.15) is 0 Å². The Bertz CT molecular complexity index is 621. The molecule has 4 heteroatoms. The Labute approximate surface area is 124 Å². The normalized spacial score (nSPS) is 15.8. The molecular formula is C17H20N2O2. The molecule has 21 heavy (non-hydrogen) atoms. The number of carbonyl (C=O) groups is 1. The predicted octanol–water partition coefficient (Wildman–Crippen LogP) is 2.82. The third kappa shape index (κ3) is 3.73. The zero-order chi connectivity index (χ0) is 14.5. The van der Waals surface area contributed by atoms with Gasteiger partial charge in [0.15, 0.2) is 0 Å². The van der Waals surface area contributed by atoms with Gasteiger partial charge in [-0.15, -0.1) is 0 Å². The van der Waals surface area contributed by atoms with Crippen molar-refractivity contribution >= 4 is 16.9 Å². The predicted molar refractivity (Wildman–Crippen MR) is 83.2 cm³/mol. The molecular weight excluding hydrogens is 264 g/mol. The largest absolute Gasteiger partial charge is 0.446 e. The molecule has 2 N–H and O–H groups in total. The second-order valence-electron chi connectivity index (χ2n) is 5.39. The van der Waals surface area contributed by atoms with Crippen LogP contribution in [0.4, 0.5) is 4.79 Å². The lowest BCUT2D eigenvalue weighted by atomic mass is 10.1.